The van der Waals surface area contributed by atoms with E-state index in [2.05, 4.69) is 50.8 Å². The first-order chi connectivity index (χ1) is 17.7. The van der Waals surface area contributed by atoms with Gasteiger partial charge in [0.25, 0.3) is 0 Å². The van der Waals surface area contributed by atoms with E-state index in [1.165, 1.54) is 36.8 Å². The first kappa shape index (κ1) is 22.8. The van der Waals surface area contributed by atoms with Crippen molar-refractivity contribution in [3.05, 3.63) is 65.2 Å². The van der Waals surface area contributed by atoms with Crippen molar-refractivity contribution < 1.29 is 9.47 Å². The van der Waals surface area contributed by atoms with Gasteiger partial charge < -0.3 is 29.9 Å². The number of hydrogen-bond acceptors (Lipinski definition) is 7. The number of nitrogens with one attached hydrogen (secondary N) is 2. The topological polar surface area (TPSA) is 74.8 Å². The summed E-state index contributed by atoms with van der Waals surface area (Å²) in [5.41, 5.74) is 3.75. The molecule has 0 atom stereocenters. The molecule has 0 aliphatic carbocycles. The van der Waals surface area contributed by atoms with Crippen LogP contribution in [-0.2, 0) is 19.6 Å². The minimum atomic E-state index is 0.265. The van der Waals surface area contributed by atoms with Crippen LogP contribution in [0.15, 0.2) is 48.5 Å². The van der Waals surface area contributed by atoms with Gasteiger partial charge in [0.15, 0.2) is 16.6 Å². The lowest BCUT2D eigenvalue weighted by molar-refractivity contribution is 0.174. The van der Waals surface area contributed by atoms with E-state index in [1.807, 2.05) is 18.2 Å². The van der Waals surface area contributed by atoms with E-state index in [1.54, 1.807) is 0 Å². The molecule has 2 N–H and O–H groups in total. The van der Waals surface area contributed by atoms with Crippen LogP contribution in [0, 0.1) is 0 Å². The summed E-state index contributed by atoms with van der Waals surface area (Å²) in [6, 6.07) is 16.6. The molecule has 6 rings (SSSR count). The third kappa shape index (κ3) is 5.02. The molecule has 1 saturated heterocycles. The van der Waals surface area contributed by atoms with Crippen LogP contribution in [0.4, 0.5) is 17.6 Å². The molecule has 3 aliphatic heterocycles. The molecule has 0 radical (unpaired) electrons. The van der Waals surface area contributed by atoms with Crippen LogP contribution in [0.1, 0.15) is 42.4 Å². The summed E-state index contributed by atoms with van der Waals surface area (Å²) in [6.45, 7) is 4.55. The number of aromatic nitrogens is 2. The van der Waals surface area contributed by atoms with Crippen molar-refractivity contribution in [1.82, 2.24) is 15.3 Å². The molecule has 186 valence electrons. The predicted octanol–water partition coefficient (Wildman–Crippen LogP) is 4.59. The van der Waals surface area contributed by atoms with Crippen molar-refractivity contribution in [2.24, 2.45) is 0 Å². The Bertz CT molecular complexity index is 1240. The van der Waals surface area contributed by atoms with Crippen LogP contribution < -0.4 is 29.9 Å². The smallest absolute Gasteiger partial charge is 0.232 e. The second kappa shape index (κ2) is 10.2. The van der Waals surface area contributed by atoms with E-state index in [-0.39, 0.29) is 6.79 Å². The van der Waals surface area contributed by atoms with Gasteiger partial charge in [-0.1, -0.05) is 43.2 Å². The number of ether oxygens (including phenoxy) is 2. The fraction of sp³-hybridized carbons (Fsp3) is 0.370. The third-order valence-corrected chi connectivity index (χ3v) is 7.16. The summed E-state index contributed by atoms with van der Waals surface area (Å²) in [4.78, 5) is 14.4. The fourth-order valence-corrected chi connectivity index (χ4v) is 5.14. The average Bonchev–Trinajstić information content (AvgIpc) is 3.46. The Labute approximate surface area is 216 Å². The molecular weight excluding hydrogens is 472 g/mol. The van der Waals surface area contributed by atoms with Crippen LogP contribution >= 0.6 is 12.2 Å². The molecular formula is C27H30N6O2S. The molecule has 3 aliphatic rings. The van der Waals surface area contributed by atoms with Crippen molar-refractivity contribution in [3.8, 4) is 11.5 Å². The molecule has 0 saturated carbocycles. The highest BCUT2D eigenvalue weighted by atomic mass is 32.1. The van der Waals surface area contributed by atoms with Crippen LogP contribution in [0.2, 0.25) is 0 Å². The fourth-order valence-electron chi connectivity index (χ4n) is 4.98. The third-order valence-electron chi connectivity index (χ3n) is 6.91. The van der Waals surface area contributed by atoms with E-state index in [9.17, 15) is 0 Å². The Morgan fingerprint density at radius 1 is 0.833 bits per heavy atom. The zero-order valence-corrected chi connectivity index (χ0v) is 21.0. The van der Waals surface area contributed by atoms with Gasteiger partial charge >= 0.3 is 0 Å². The lowest BCUT2D eigenvalue weighted by Gasteiger charge is -2.25. The first-order valence-corrected chi connectivity index (χ1v) is 13.0. The van der Waals surface area contributed by atoms with Crippen molar-refractivity contribution in [2.45, 2.75) is 45.3 Å². The van der Waals surface area contributed by atoms with E-state index < -0.39 is 0 Å². The van der Waals surface area contributed by atoms with Crippen molar-refractivity contribution in [1.29, 1.82) is 0 Å². The van der Waals surface area contributed by atoms with Crippen LogP contribution in [0.25, 0.3) is 0 Å². The number of thiocarbonyl (C=S) groups is 1. The van der Waals surface area contributed by atoms with Gasteiger partial charge in [0.05, 0.1) is 0 Å². The summed E-state index contributed by atoms with van der Waals surface area (Å²) >= 11 is 5.61. The molecule has 8 nitrogen and oxygen atoms in total. The lowest BCUT2D eigenvalue weighted by atomic mass is 10.1. The number of nitrogens with zero attached hydrogens (tertiary/aromatic N) is 4. The molecule has 0 amide bonds. The summed E-state index contributed by atoms with van der Waals surface area (Å²) < 4.78 is 10.9. The van der Waals surface area contributed by atoms with Gasteiger partial charge in [0, 0.05) is 38.8 Å². The highest BCUT2D eigenvalue weighted by molar-refractivity contribution is 7.80. The van der Waals surface area contributed by atoms with E-state index in [0.717, 1.165) is 54.9 Å². The standard InChI is InChI=1S/C27H30N6O2S/c36-27(28-15-19-9-10-22-23(13-19)35-18-34-22)31-26-29-24(32-11-5-1-2-6-12-32)14-25(30-26)33-16-20-7-3-4-8-21(20)17-33/h3-4,7-10,13-14H,1-2,5-6,11-12,15-18H2,(H2,28,29,30,31,36). The molecule has 1 aromatic heterocycles. The molecule has 9 heteroatoms. The zero-order valence-electron chi connectivity index (χ0n) is 20.2. The first-order valence-electron chi connectivity index (χ1n) is 12.6. The summed E-state index contributed by atoms with van der Waals surface area (Å²) in [5, 5.41) is 6.98. The van der Waals surface area contributed by atoms with Crippen LogP contribution in [-0.4, -0.2) is 35.0 Å². The van der Waals surface area contributed by atoms with E-state index >= 15 is 0 Å². The Hall–Kier alpha value is -3.59. The quantitative estimate of drug-likeness (QED) is 0.487. The highest BCUT2D eigenvalue weighted by Gasteiger charge is 2.23. The van der Waals surface area contributed by atoms with Crippen molar-refractivity contribution >= 4 is 34.9 Å². The Kier molecular flexibility index (Phi) is 6.46. The van der Waals surface area contributed by atoms with Crippen LogP contribution in [0.5, 0.6) is 11.5 Å². The number of benzene rings is 2. The molecule has 0 unspecified atom stereocenters. The van der Waals surface area contributed by atoms with Gasteiger partial charge in [-0.15, -0.1) is 0 Å². The molecule has 4 heterocycles. The summed E-state index contributed by atoms with van der Waals surface area (Å²) in [5.74, 6) is 3.93. The van der Waals surface area contributed by atoms with Crippen LogP contribution in [0.3, 0.4) is 0 Å². The van der Waals surface area contributed by atoms with Crippen molar-refractivity contribution in [3.63, 3.8) is 0 Å². The maximum absolute atomic E-state index is 5.61. The minimum absolute atomic E-state index is 0.265. The number of fused-ring (bicyclic) bond motifs is 2. The van der Waals surface area contributed by atoms with E-state index in [4.69, 9.17) is 31.7 Å². The normalized spacial score (nSPS) is 16.4. The predicted molar refractivity (Wildman–Crippen MR) is 145 cm³/mol. The lowest BCUT2D eigenvalue weighted by Crippen LogP contribution is -2.30. The summed E-state index contributed by atoms with van der Waals surface area (Å²) in [6.07, 6.45) is 4.92. The average molecular weight is 503 g/mol. The van der Waals surface area contributed by atoms with Gasteiger partial charge in [-0.3, -0.25) is 0 Å². The molecule has 3 aromatic rings. The second-order valence-corrected chi connectivity index (χ2v) is 9.84. The molecule has 2 aromatic carbocycles. The van der Waals surface area contributed by atoms with Crippen molar-refractivity contribution in [2.75, 3.05) is 35.0 Å². The van der Waals surface area contributed by atoms with Gasteiger partial charge in [0.2, 0.25) is 12.7 Å². The Morgan fingerprint density at radius 2 is 1.53 bits per heavy atom. The van der Waals surface area contributed by atoms with E-state index in [0.29, 0.717) is 17.6 Å². The monoisotopic (exact) mass is 502 g/mol. The molecule has 36 heavy (non-hydrogen) atoms. The SMILES string of the molecule is S=C(NCc1ccc2c(c1)OCO2)Nc1nc(N2CCCCCC2)cc(N2Cc3ccccc3C2)n1. The van der Waals surface area contributed by atoms with Gasteiger partial charge in [0.1, 0.15) is 11.6 Å². The largest absolute Gasteiger partial charge is 0.454 e. The maximum atomic E-state index is 5.61. The van der Waals surface area contributed by atoms with Gasteiger partial charge in [-0.25, -0.2) is 0 Å². The molecule has 1 fully saturated rings. The molecule has 0 spiro atoms. The summed E-state index contributed by atoms with van der Waals surface area (Å²) in [7, 11) is 0. The minimum Gasteiger partial charge on any atom is -0.454 e. The number of hydrogen-bond donors (Lipinski definition) is 2. The number of anilines is 3. The Balaban J connectivity index is 1.19. The Morgan fingerprint density at radius 3 is 2.28 bits per heavy atom. The zero-order chi connectivity index (χ0) is 24.3. The van der Waals surface area contributed by atoms with Gasteiger partial charge in [-0.05, 0) is 53.9 Å². The second-order valence-electron chi connectivity index (χ2n) is 9.43. The molecule has 0 bridgehead atoms. The maximum Gasteiger partial charge on any atom is 0.232 e. The number of rotatable bonds is 5. The highest BCUT2D eigenvalue weighted by Crippen LogP contribution is 2.33. The van der Waals surface area contributed by atoms with Gasteiger partial charge in [-0.2, -0.15) is 9.97 Å².